The Bertz CT molecular complexity index is 751. The Morgan fingerprint density at radius 1 is 1.10 bits per heavy atom. The van der Waals surface area contributed by atoms with Gasteiger partial charge in [-0.2, -0.15) is 5.10 Å². The first-order valence-electron chi connectivity index (χ1n) is 6.22. The van der Waals surface area contributed by atoms with Crippen LogP contribution in [0.15, 0.2) is 55.1 Å². The number of carbonyl (C=O) groups is 1. The van der Waals surface area contributed by atoms with Crippen LogP contribution in [0.5, 0.6) is 0 Å². The van der Waals surface area contributed by atoms with Gasteiger partial charge >= 0.3 is 0 Å². The molecule has 0 aliphatic rings. The molecule has 0 spiro atoms. The maximum Gasteiger partial charge on any atom is 0.278 e. The second-order valence-electron chi connectivity index (χ2n) is 4.24. The van der Waals surface area contributed by atoms with Crippen molar-refractivity contribution in [3.05, 3.63) is 60.8 Å². The van der Waals surface area contributed by atoms with E-state index in [1.807, 2.05) is 24.4 Å². The highest BCUT2D eigenvalue weighted by molar-refractivity contribution is 6.05. The minimum atomic E-state index is -0.396. The number of rotatable bonds is 3. The summed E-state index contributed by atoms with van der Waals surface area (Å²) in [6, 6.07) is 9.10. The van der Waals surface area contributed by atoms with E-state index in [0.29, 0.717) is 5.69 Å². The lowest BCUT2D eigenvalue weighted by atomic mass is 10.2. The molecule has 1 amide bonds. The number of anilines is 2. The summed E-state index contributed by atoms with van der Waals surface area (Å²) in [5.74, 6) is -0.296. The number of nitrogens with zero attached hydrogens (tertiary/aromatic N) is 4. The van der Waals surface area contributed by atoms with Gasteiger partial charge in [0.15, 0.2) is 11.5 Å². The predicted octanol–water partition coefficient (Wildman–Crippen LogP) is 1.50. The van der Waals surface area contributed by atoms with Crippen molar-refractivity contribution >= 4 is 17.4 Å². The molecule has 0 atom stereocenters. The summed E-state index contributed by atoms with van der Waals surface area (Å²) in [7, 11) is 0. The minimum Gasteiger partial charge on any atom is -0.382 e. The van der Waals surface area contributed by atoms with Gasteiger partial charge in [-0.25, -0.2) is 14.6 Å². The summed E-state index contributed by atoms with van der Waals surface area (Å²) in [6.07, 6.45) is 6.40. The van der Waals surface area contributed by atoms with Crippen molar-refractivity contribution in [2.45, 2.75) is 0 Å². The van der Waals surface area contributed by atoms with Crippen LogP contribution in [0.4, 0.5) is 11.5 Å². The topological polar surface area (TPSA) is 98.7 Å². The number of carbonyl (C=O) groups excluding carboxylic acids is 1. The SMILES string of the molecule is Nc1nccnc1C(=O)Nc1ccc(-n2cccn2)cc1. The average molecular weight is 280 g/mol. The molecular formula is C14H12N6O. The predicted molar refractivity (Wildman–Crippen MR) is 78.0 cm³/mol. The summed E-state index contributed by atoms with van der Waals surface area (Å²) in [5.41, 5.74) is 7.26. The van der Waals surface area contributed by atoms with E-state index in [-0.39, 0.29) is 11.5 Å². The third kappa shape index (κ3) is 2.71. The first-order chi connectivity index (χ1) is 10.2. The van der Waals surface area contributed by atoms with Crippen LogP contribution < -0.4 is 11.1 Å². The molecule has 2 heterocycles. The molecule has 0 saturated heterocycles. The summed E-state index contributed by atoms with van der Waals surface area (Å²) >= 11 is 0. The fourth-order valence-electron chi connectivity index (χ4n) is 1.83. The number of nitrogen functional groups attached to an aromatic ring is 1. The first kappa shape index (κ1) is 12.8. The van der Waals surface area contributed by atoms with Crippen molar-refractivity contribution in [3.63, 3.8) is 0 Å². The lowest BCUT2D eigenvalue weighted by Gasteiger charge is -2.07. The van der Waals surface area contributed by atoms with Crippen LogP contribution in [0.1, 0.15) is 10.5 Å². The lowest BCUT2D eigenvalue weighted by molar-refractivity contribution is 0.102. The van der Waals surface area contributed by atoms with E-state index >= 15 is 0 Å². The third-order valence-corrected chi connectivity index (χ3v) is 2.84. The fourth-order valence-corrected chi connectivity index (χ4v) is 1.83. The number of nitrogens with two attached hydrogens (primary N) is 1. The Morgan fingerprint density at radius 2 is 1.86 bits per heavy atom. The highest BCUT2D eigenvalue weighted by Crippen LogP contribution is 2.14. The lowest BCUT2D eigenvalue weighted by Crippen LogP contribution is -2.16. The molecule has 7 heteroatoms. The zero-order valence-corrected chi connectivity index (χ0v) is 11.0. The van der Waals surface area contributed by atoms with E-state index in [9.17, 15) is 4.79 Å². The molecule has 21 heavy (non-hydrogen) atoms. The van der Waals surface area contributed by atoms with Crippen LogP contribution in [-0.2, 0) is 0 Å². The Kier molecular flexibility index (Phi) is 3.30. The molecule has 0 unspecified atom stereocenters. The molecule has 3 aromatic rings. The molecule has 0 bridgehead atoms. The van der Waals surface area contributed by atoms with Crippen LogP contribution in [0.3, 0.4) is 0 Å². The zero-order valence-electron chi connectivity index (χ0n) is 11.0. The van der Waals surface area contributed by atoms with E-state index in [2.05, 4.69) is 20.4 Å². The van der Waals surface area contributed by atoms with E-state index in [1.165, 1.54) is 12.4 Å². The summed E-state index contributed by atoms with van der Waals surface area (Å²) in [6.45, 7) is 0. The quantitative estimate of drug-likeness (QED) is 0.757. The van der Waals surface area contributed by atoms with E-state index in [0.717, 1.165) is 5.69 Å². The summed E-state index contributed by atoms with van der Waals surface area (Å²) < 4.78 is 1.73. The van der Waals surface area contributed by atoms with Crippen molar-refractivity contribution in [1.29, 1.82) is 0 Å². The molecule has 0 fully saturated rings. The van der Waals surface area contributed by atoms with Gasteiger partial charge in [0.25, 0.3) is 5.91 Å². The Balaban J connectivity index is 1.77. The number of aromatic nitrogens is 4. The molecule has 0 aliphatic carbocycles. The molecule has 0 radical (unpaired) electrons. The van der Waals surface area contributed by atoms with Crippen molar-refractivity contribution < 1.29 is 4.79 Å². The minimum absolute atomic E-state index is 0.100. The van der Waals surface area contributed by atoms with Gasteiger partial charge in [-0.05, 0) is 30.3 Å². The summed E-state index contributed by atoms with van der Waals surface area (Å²) in [5, 5.41) is 6.85. The molecule has 3 rings (SSSR count). The standard InChI is InChI=1S/C14H12N6O/c15-13-12(16-7-8-17-13)14(21)19-10-2-4-11(5-3-10)20-9-1-6-18-20/h1-9H,(H2,15,17)(H,19,21). The number of amides is 1. The maximum absolute atomic E-state index is 12.0. The first-order valence-corrected chi connectivity index (χ1v) is 6.22. The third-order valence-electron chi connectivity index (χ3n) is 2.84. The van der Waals surface area contributed by atoms with E-state index < -0.39 is 5.91 Å². The molecule has 0 saturated carbocycles. The largest absolute Gasteiger partial charge is 0.382 e. The van der Waals surface area contributed by atoms with Gasteiger partial charge in [0.1, 0.15) is 0 Å². The molecule has 1 aromatic carbocycles. The van der Waals surface area contributed by atoms with Crippen molar-refractivity contribution in [2.24, 2.45) is 0 Å². The average Bonchev–Trinajstić information content (AvgIpc) is 3.02. The van der Waals surface area contributed by atoms with Crippen molar-refractivity contribution in [1.82, 2.24) is 19.7 Å². The van der Waals surface area contributed by atoms with Crippen molar-refractivity contribution in [3.8, 4) is 5.69 Å². The van der Waals surface area contributed by atoms with Gasteiger partial charge in [0.2, 0.25) is 0 Å². The molecule has 0 aliphatic heterocycles. The van der Waals surface area contributed by atoms with Crippen LogP contribution >= 0.6 is 0 Å². The van der Waals surface area contributed by atoms with Crippen molar-refractivity contribution in [2.75, 3.05) is 11.1 Å². The number of nitrogens with one attached hydrogen (secondary N) is 1. The number of hydrogen-bond acceptors (Lipinski definition) is 5. The van der Waals surface area contributed by atoms with Gasteiger partial charge in [-0.15, -0.1) is 0 Å². The Labute approximate surface area is 120 Å². The van der Waals surface area contributed by atoms with Crippen LogP contribution in [0.25, 0.3) is 5.69 Å². The maximum atomic E-state index is 12.0. The highest BCUT2D eigenvalue weighted by Gasteiger charge is 2.12. The molecule has 3 N–H and O–H groups in total. The van der Waals surface area contributed by atoms with Gasteiger partial charge in [0.05, 0.1) is 5.69 Å². The van der Waals surface area contributed by atoms with Gasteiger partial charge < -0.3 is 11.1 Å². The van der Waals surface area contributed by atoms with E-state index in [1.54, 1.807) is 23.0 Å². The van der Waals surface area contributed by atoms with Gasteiger partial charge in [-0.3, -0.25) is 4.79 Å². The fraction of sp³-hybridized carbons (Fsp3) is 0. The molecule has 7 nitrogen and oxygen atoms in total. The van der Waals surface area contributed by atoms with Crippen LogP contribution in [0.2, 0.25) is 0 Å². The van der Waals surface area contributed by atoms with Crippen LogP contribution in [-0.4, -0.2) is 25.7 Å². The number of hydrogen-bond donors (Lipinski definition) is 2. The van der Waals surface area contributed by atoms with Crippen LogP contribution in [0, 0.1) is 0 Å². The molecule has 2 aromatic heterocycles. The normalized spacial score (nSPS) is 10.3. The number of benzene rings is 1. The van der Waals surface area contributed by atoms with Gasteiger partial charge in [-0.1, -0.05) is 0 Å². The Morgan fingerprint density at radius 3 is 2.52 bits per heavy atom. The molecule has 104 valence electrons. The summed E-state index contributed by atoms with van der Waals surface area (Å²) in [4.78, 5) is 19.8. The second-order valence-corrected chi connectivity index (χ2v) is 4.24. The smallest absolute Gasteiger partial charge is 0.278 e. The zero-order chi connectivity index (χ0) is 14.7. The molecular weight excluding hydrogens is 268 g/mol. The van der Waals surface area contributed by atoms with E-state index in [4.69, 9.17) is 5.73 Å². The monoisotopic (exact) mass is 280 g/mol. The Hall–Kier alpha value is -3.22. The second kappa shape index (κ2) is 5.41. The highest BCUT2D eigenvalue weighted by atomic mass is 16.1. The van der Waals surface area contributed by atoms with Gasteiger partial charge in [0, 0.05) is 30.5 Å².